The zero-order valence-corrected chi connectivity index (χ0v) is 11.8. The first-order chi connectivity index (χ1) is 7.95. The number of morpholine rings is 1. The Morgan fingerprint density at radius 2 is 1.82 bits per heavy atom. The fraction of sp³-hybridized carbons (Fsp3) is 1.00. The van der Waals surface area contributed by atoms with Gasteiger partial charge in [0.2, 0.25) is 0 Å². The molecule has 5 nitrogen and oxygen atoms in total. The number of ether oxygens (including phenoxy) is 1. The van der Waals surface area contributed by atoms with Crippen LogP contribution >= 0.6 is 0 Å². The third-order valence-electron chi connectivity index (χ3n) is 2.79. The molecular formula is C11H24N2O3S. The summed E-state index contributed by atoms with van der Waals surface area (Å²) in [5.41, 5.74) is 0. The average molecular weight is 264 g/mol. The van der Waals surface area contributed by atoms with Gasteiger partial charge in [-0.05, 0) is 20.3 Å². The van der Waals surface area contributed by atoms with Crippen LogP contribution in [0.3, 0.4) is 0 Å². The maximum atomic E-state index is 12.0. The minimum absolute atomic E-state index is 0.0361. The second-order valence-electron chi connectivity index (χ2n) is 4.68. The second kappa shape index (κ2) is 6.68. The van der Waals surface area contributed by atoms with Gasteiger partial charge in [-0.2, -0.15) is 12.7 Å². The lowest BCUT2D eigenvalue weighted by Crippen LogP contribution is -2.52. The smallest absolute Gasteiger partial charge is 0.279 e. The summed E-state index contributed by atoms with van der Waals surface area (Å²) in [4.78, 5) is 0. The topological polar surface area (TPSA) is 58.6 Å². The number of nitrogens with one attached hydrogen (secondary N) is 1. The molecule has 1 saturated heterocycles. The lowest BCUT2D eigenvalue weighted by molar-refractivity contribution is -0.0443. The quantitative estimate of drug-likeness (QED) is 0.731. The third-order valence-corrected chi connectivity index (χ3v) is 4.34. The van der Waals surface area contributed by atoms with E-state index in [4.69, 9.17) is 4.74 Å². The Balaban J connectivity index is 2.45. The highest BCUT2D eigenvalue weighted by atomic mass is 32.2. The fourth-order valence-corrected chi connectivity index (χ4v) is 3.39. The van der Waals surface area contributed by atoms with E-state index in [0.29, 0.717) is 19.6 Å². The van der Waals surface area contributed by atoms with Gasteiger partial charge in [0.05, 0.1) is 12.2 Å². The van der Waals surface area contributed by atoms with E-state index in [1.54, 1.807) is 0 Å². The van der Waals surface area contributed by atoms with Gasteiger partial charge in [0, 0.05) is 19.6 Å². The van der Waals surface area contributed by atoms with Crippen LogP contribution in [-0.2, 0) is 14.9 Å². The number of unbranched alkanes of at least 4 members (excludes halogenated alkanes) is 2. The Hall–Kier alpha value is -0.170. The molecule has 0 aromatic rings. The summed E-state index contributed by atoms with van der Waals surface area (Å²) in [5, 5.41) is 0. The van der Waals surface area contributed by atoms with Crippen LogP contribution in [0.4, 0.5) is 0 Å². The van der Waals surface area contributed by atoms with Crippen molar-refractivity contribution in [2.75, 3.05) is 19.6 Å². The third kappa shape index (κ3) is 4.91. The predicted molar refractivity (Wildman–Crippen MR) is 68.0 cm³/mol. The SMILES string of the molecule is CCCCCNS(=O)(=O)N1CC(C)OC(C)C1. The van der Waals surface area contributed by atoms with Crippen LogP contribution in [0.25, 0.3) is 0 Å². The normalized spacial score (nSPS) is 27.2. The second-order valence-corrected chi connectivity index (χ2v) is 6.44. The average Bonchev–Trinajstić information content (AvgIpc) is 2.23. The van der Waals surface area contributed by atoms with Crippen LogP contribution in [0.2, 0.25) is 0 Å². The maximum absolute atomic E-state index is 12.0. The largest absolute Gasteiger partial charge is 0.373 e. The summed E-state index contributed by atoms with van der Waals surface area (Å²) < 4.78 is 33.7. The van der Waals surface area contributed by atoms with Gasteiger partial charge in [0.15, 0.2) is 0 Å². The minimum atomic E-state index is -3.33. The zero-order chi connectivity index (χ0) is 12.9. The molecular weight excluding hydrogens is 240 g/mol. The molecule has 1 fully saturated rings. The van der Waals surface area contributed by atoms with E-state index in [9.17, 15) is 8.42 Å². The van der Waals surface area contributed by atoms with Crippen LogP contribution in [0.15, 0.2) is 0 Å². The van der Waals surface area contributed by atoms with Crippen LogP contribution in [0.1, 0.15) is 40.0 Å². The van der Waals surface area contributed by atoms with E-state index in [1.165, 1.54) is 4.31 Å². The summed E-state index contributed by atoms with van der Waals surface area (Å²) in [6.07, 6.45) is 2.97. The van der Waals surface area contributed by atoms with Crippen molar-refractivity contribution in [2.45, 2.75) is 52.2 Å². The summed E-state index contributed by atoms with van der Waals surface area (Å²) in [6.45, 7) is 7.29. The van der Waals surface area contributed by atoms with Crippen molar-refractivity contribution in [3.8, 4) is 0 Å². The van der Waals surface area contributed by atoms with Crippen molar-refractivity contribution >= 4 is 10.2 Å². The van der Waals surface area contributed by atoms with Crippen molar-refractivity contribution in [1.29, 1.82) is 0 Å². The Kier molecular flexibility index (Phi) is 5.85. The van der Waals surface area contributed by atoms with Gasteiger partial charge >= 0.3 is 0 Å². The standard InChI is InChI=1S/C11H24N2O3S/c1-4-5-6-7-12-17(14,15)13-8-10(2)16-11(3)9-13/h10-12H,4-9H2,1-3H3. The molecule has 0 radical (unpaired) electrons. The molecule has 0 saturated carbocycles. The van der Waals surface area contributed by atoms with Crippen LogP contribution in [0, 0.1) is 0 Å². The van der Waals surface area contributed by atoms with Gasteiger partial charge in [-0.25, -0.2) is 4.72 Å². The highest BCUT2D eigenvalue weighted by molar-refractivity contribution is 7.87. The maximum Gasteiger partial charge on any atom is 0.279 e. The minimum Gasteiger partial charge on any atom is -0.373 e. The van der Waals surface area contributed by atoms with E-state index >= 15 is 0 Å². The van der Waals surface area contributed by atoms with Crippen molar-refractivity contribution in [1.82, 2.24) is 9.03 Å². The summed E-state index contributed by atoms with van der Waals surface area (Å²) in [6, 6.07) is 0. The van der Waals surface area contributed by atoms with Gasteiger partial charge < -0.3 is 4.74 Å². The molecule has 1 aliphatic rings. The highest BCUT2D eigenvalue weighted by Crippen LogP contribution is 2.13. The van der Waals surface area contributed by atoms with Gasteiger partial charge in [-0.15, -0.1) is 0 Å². The van der Waals surface area contributed by atoms with Crippen molar-refractivity contribution in [3.63, 3.8) is 0 Å². The molecule has 2 unspecified atom stereocenters. The first-order valence-electron chi connectivity index (χ1n) is 6.36. The molecule has 0 amide bonds. The van der Waals surface area contributed by atoms with Gasteiger partial charge in [0.25, 0.3) is 10.2 Å². The molecule has 17 heavy (non-hydrogen) atoms. The van der Waals surface area contributed by atoms with Crippen molar-refractivity contribution in [2.24, 2.45) is 0 Å². The van der Waals surface area contributed by atoms with E-state index < -0.39 is 10.2 Å². The number of nitrogens with zero attached hydrogens (tertiary/aromatic N) is 1. The molecule has 0 aliphatic carbocycles. The first-order valence-corrected chi connectivity index (χ1v) is 7.80. The van der Waals surface area contributed by atoms with Crippen LogP contribution in [-0.4, -0.2) is 44.6 Å². The Morgan fingerprint density at radius 1 is 1.24 bits per heavy atom. The van der Waals surface area contributed by atoms with Crippen molar-refractivity contribution in [3.05, 3.63) is 0 Å². The molecule has 0 aromatic carbocycles. The van der Waals surface area contributed by atoms with E-state index in [2.05, 4.69) is 11.6 Å². The van der Waals surface area contributed by atoms with Gasteiger partial charge in [-0.1, -0.05) is 19.8 Å². The molecule has 1 heterocycles. The van der Waals surface area contributed by atoms with E-state index in [-0.39, 0.29) is 12.2 Å². The monoisotopic (exact) mass is 264 g/mol. The molecule has 0 aromatic heterocycles. The lowest BCUT2D eigenvalue weighted by atomic mass is 10.3. The zero-order valence-electron chi connectivity index (χ0n) is 11.0. The summed E-state index contributed by atoms with van der Waals surface area (Å²) in [5.74, 6) is 0. The Labute approximate surface area is 105 Å². The molecule has 1 N–H and O–H groups in total. The lowest BCUT2D eigenvalue weighted by Gasteiger charge is -2.34. The molecule has 1 aliphatic heterocycles. The van der Waals surface area contributed by atoms with E-state index in [1.807, 2.05) is 13.8 Å². The van der Waals surface area contributed by atoms with Crippen LogP contribution in [0.5, 0.6) is 0 Å². The molecule has 2 atom stereocenters. The predicted octanol–water partition coefficient (Wildman–Crippen LogP) is 1.12. The fourth-order valence-electron chi connectivity index (χ4n) is 1.99. The number of rotatable bonds is 6. The highest BCUT2D eigenvalue weighted by Gasteiger charge is 2.30. The van der Waals surface area contributed by atoms with Gasteiger partial charge in [-0.3, -0.25) is 0 Å². The Bertz CT molecular complexity index is 309. The first kappa shape index (κ1) is 14.9. The molecule has 0 spiro atoms. The molecule has 0 bridgehead atoms. The summed E-state index contributed by atoms with van der Waals surface area (Å²) in [7, 11) is -3.33. The number of hydrogen-bond acceptors (Lipinski definition) is 3. The van der Waals surface area contributed by atoms with Crippen molar-refractivity contribution < 1.29 is 13.2 Å². The molecule has 1 rings (SSSR count). The Morgan fingerprint density at radius 3 is 2.35 bits per heavy atom. The molecule has 102 valence electrons. The van der Waals surface area contributed by atoms with E-state index in [0.717, 1.165) is 19.3 Å². The molecule has 6 heteroatoms. The van der Waals surface area contributed by atoms with Crippen LogP contribution < -0.4 is 4.72 Å². The summed E-state index contributed by atoms with van der Waals surface area (Å²) >= 11 is 0. The number of hydrogen-bond donors (Lipinski definition) is 1. The van der Waals surface area contributed by atoms with Gasteiger partial charge in [0.1, 0.15) is 0 Å².